The molecule has 2 bridgehead atoms. The van der Waals surface area contributed by atoms with Gasteiger partial charge in [-0.15, -0.1) is 0 Å². The molecule has 1 amide bonds. The van der Waals surface area contributed by atoms with Gasteiger partial charge in [-0.1, -0.05) is 18.2 Å². The quantitative estimate of drug-likeness (QED) is 0.836. The van der Waals surface area contributed by atoms with Crippen molar-refractivity contribution >= 4 is 17.6 Å². The Balaban J connectivity index is 1.48. The molecule has 1 aliphatic heterocycles. The van der Waals surface area contributed by atoms with Gasteiger partial charge >= 0.3 is 5.97 Å². The summed E-state index contributed by atoms with van der Waals surface area (Å²) < 4.78 is 8.67. The van der Waals surface area contributed by atoms with Crippen molar-refractivity contribution in [2.75, 3.05) is 5.32 Å². The van der Waals surface area contributed by atoms with Crippen molar-refractivity contribution in [1.29, 1.82) is 0 Å². The van der Waals surface area contributed by atoms with Gasteiger partial charge in [0.15, 0.2) is 0 Å². The number of amides is 1. The first kappa shape index (κ1) is 16.4. The van der Waals surface area contributed by atoms with Crippen molar-refractivity contribution in [3.63, 3.8) is 0 Å². The smallest absolute Gasteiger partial charge is 0.310 e. The van der Waals surface area contributed by atoms with E-state index < -0.39 is 5.92 Å². The standard InChI is InChI=1S/C20H21N3O4/c1-10-17(19(25)23(22(10)2)12-6-4-3-5-7-12)21-18(24)15-11-8-13-14(9-11)27-20(26)16(13)15/h3-7,11,13-16H,8-9H2,1-2H3,(H,21,24)/t11-,13+,14-,15-,16-/m1/s1. The van der Waals surface area contributed by atoms with E-state index in [0.29, 0.717) is 5.69 Å². The van der Waals surface area contributed by atoms with Gasteiger partial charge in [-0.2, -0.15) is 0 Å². The number of carbonyl (C=O) groups excluding carboxylic acids is 2. The van der Waals surface area contributed by atoms with Gasteiger partial charge in [0, 0.05) is 13.0 Å². The highest BCUT2D eigenvalue weighted by Gasteiger charge is 2.64. The van der Waals surface area contributed by atoms with E-state index in [1.165, 1.54) is 4.68 Å². The second kappa shape index (κ2) is 5.58. The molecule has 0 radical (unpaired) electrons. The number of esters is 1. The van der Waals surface area contributed by atoms with E-state index in [2.05, 4.69) is 5.32 Å². The van der Waals surface area contributed by atoms with Gasteiger partial charge in [-0.3, -0.25) is 19.1 Å². The van der Waals surface area contributed by atoms with Crippen LogP contribution in [0.1, 0.15) is 18.5 Å². The zero-order valence-corrected chi connectivity index (χ0v) is 15.2. The van der Waals surface area contributed by atoms with E-state index in [-0.39, 0.29) is 47.0 Å². The molecule has 7 nitrogen and oxygen atoms in total. The predicted octanol–water partition coefficient (Wildman–Crippen LogP) is 1.62. The minimum atomic E-state index is -0.398. The molecule has 5 atom stereocenters. The van der Waals surface area contributed by atoms with Crippen molar-refractivity contribution in [1.82, 2.24) is 9.36 Å². The van der Waals surface area contributed by atoms with Gasteiger partial charge in [0.25, 0.3) is 5.56 Å². The third-order valence-corrected chi connectivity index (χ3v) is 6.59. The maximum Gasteiger partial charge on any atom is 0.310 e. The molecular formula is C20H21N3O4. The van der Waals surface area contributed by atoms with Crippen LogP contribution in [0.15, 0.2) is 35.1 Å². The van der Waals surface area contributed by atoms with E-state index in [1.807, 2.05) is 30.3 Å². The summed E-state index contributed by atoms with van der Waals surface area (Å²) in [5, 5.41) is 2.84. The average Bonchev–Trinajstić information content (AvgIpc) is 3.32. The number of hydrogen-bond donors (Lipinski definition) is 1. The molecular weight excluding hydrogens is 346 g/mol. The fourth-order valence-corrected chi connectivity index (χ4v) is 5.28. The molecule has 1 aromatic carbocycles. The molecule has 2 aliphatic carbocycles. The minimum absolute atomic E-state index is 0.00896. The summed E-state index contributed by atoms with van der Waals surface area (Å²) in [4.78, 5) is 38.2. The predicted molar refractivity (Wildman–Crippen MR) is 97.5 cm³/mol. The lowest BCUT2D eigenvalue weighted by atomic mass is 9.79. The van der Waals surface area contributed by atoms with Crippen LogP contribution in [-0.2, 0) is 21.4 Å². The number of aromatic nitrogens is 2. The van der Waals surface area contributed by atoms with Crippen LogP contribution in [0.25, 0.3) is 5.69 Å². The summed E-state index contributed by atoms with van der Waals surface area (Å²) >= 11 is 0. The number of anilines is 1. The van der Waals surface area contributed by atoms with Crippen molar-refractivity contribution in [2.24, 2.45) is 30.7 Å². The number of para-hydroxylation sites is 1. The van der Waals surface area contributed by atoms with Crippen LogP contribution in [0.3, 0.4) is 0 Å². The summed E-state index contributed by atoms with van der Waals surface area (Å²) in [5.41, 5.74) is 1.41. The van der Waals surface area contributed by atoms with Crippen molar-refractivity contribution in [3.8, 4) is 5.69 Å². The average molecular weight is 367 g/mol. The molecule has 5 rings (SSSR count). The molecule has 0 unspecified atom stereocenters. The molecule has 2 heterocycles. The number of benzene rings is 1. The molecule has 140 valence electrons. The highest BCUT2D eigenvalue weighted by molar-refractivity contribution is 5.97. The van der Waals surface area contributed by atoms with Crippen molar-refractivity contribution in [2.45, 2.75) is 25.9 Å². The maximum absolute atomic E-state index is 13.0. The normalized spacial score (nSPS) is 30.6. The van der Waals surface area contributed by atoms with Crippen LogP contribution in [0.2, 0.25) is 0 Å². The molecule has 7 heteroatoms. The molecule has 2 saturated carbocycles. The van der Waals surface area contributed by atoms with E-state index in [4.69, 9.17) is 4.74 Å². The zero-order chi connectivity index (χ0) is 18.9. The Kier molecular flexibility index (Phi) is 3.38. The largest absolute Gasteiger partial charge is 0.462 e. The lowest BCUT2D eigenvalue weighted by Crippen LogP contribution is -2.37. The van der Waals surface area contributed by atoms with Gasteiger partial charge in [0.1, 0.15) is 11.8 Å². The van der Waals surface area contributed by atoms with E-state index in [0.717, 1.165) is 18.5 Å². The summed E-state index contributed by atoms with van der Waals surface area (Å²) in [6.45, 7) is 1.80. The fourth-order valence-electron chi connectivity index (χ4n) is 5.28. The van der Waals surface area contributed by atoms with Gasteiger partial charge in [-0.25, -0.2) is 4.68 Å². The number of rotatable bonds is 3. The Morgan fingerprint density at radius 2 is 1.93 bits per heavy atom. The van der Waals surface area contributed by atoms with Gasteiger partial charge in [0.2, 0.25) is 5.91 Å². The van der Waals surface area contributed by atoms with E-state index in [9.17, 15) is 14.4 Å². The van der Waals surface area contributed by atoms with Crippen molar-refractivity contribution in [3.05, 3.63) is 46.4 Å². The number of hydrogen-bond acceptors (Lipinski definition) is 4. The number of carbonyl (C=O) groups is 2. The van der Waals surface area contributed by atoms with Crippen LogP contribution >= 0.6 is 0 Å². The highest BCUT2D eigenvalue weighted by atomic mass is 16.6. The Morgan fingerprint density at radius 3 is 2.67 bits per heavy atom. The summed E-state index contributed by atoms with van der Waals surface area (Å²) in [7, 11) is 1.79. The Bertz CT molecular complexity index is 1000. The first-order valence-electron chi connectivity index (χ1n) is 9.32. The Morgan fingerprint density at radius 1 is 1.19 bits per heavy atom. The Labute approximate surface area is 155 Å². The zero-order valence-electron chi connectivity index (χ0n) is 15.2. The molecule has 27 heavy (non-hydrogen) atoms. The third kappa shape index (κ3) is 2.17. The van der Waals surface area contributed by atoms with Crippen LogP contribution in [-0.4, -0.2) is 27.3 Å². The third-order valence-electron chi connectivity index (χ3n) is 6.59. The van der Waals surface area contributed by atoms with Crippen LogP contribution in [0, 0.1) is 30.6 Å². The maximum atomic E-state index is 13.0. The first-order chi connectivity index (χ1) is 13.0. The molecule has 1 aromatic heterocycles. The van der Waals surface area contributed by atoms with Crippen LogP contribution < -0.4 is 10.9 Å². The summed E-state index contributed by atoms with van der Waals surface area (Å²) in [6, 6.07) is 9.30. The Hall–Kier alpha value is -2.83. The lowest BCUT2D eigenvalue weighted by Gasteiger charge is -2.23. The molecule has 1 N–H and O–H groups in total. The minimum Gasteiger partial charge on any atom is -0.462 e. The van der Waals surface area contributed by atoms with Gasteiger partial charge in [-0.05, 0) is 37.8 Å². The summed E-state index contributed by atoms with van der Waals surface area (Å²) in [6.07, 6.45) is 1.61. The van der Waals surface area contributed by atoms with Crippen LogP contribution in [0.4, 0.5) is 5.69 Å². The molecule has 2 aromatic rings. The highest BCUT2D eigenvalue weighted by Crippen LogP contribution is 2.57. The lowest BCUT2D eigenvalue weighted by molar-refractivity contribution is -0.145. The number of fused-ring (bicyclic) bond motifs is 1. The summed E-state index contributed by atoms with van der Waals surface area (Å²) in [5.74, 6) is -0.917. The topological polar surface area (TPSA) is 82.3 Å². The molecule has 0 spiro atoms. The van der Waals surface area contributed by atoms with Crippen LogP contribution in [0.5, 0.6) is 0 Å². The van der Waals surface area contributed by atoms with E-state index in [1.54, 1.807) is 18.7 Å². The van der Waals surface area contributed by atoms with Gasteiger partial charge < -0.3 is 10.1 Å². The SMILES string of the molecule is Cc1c(NC(=O)[C@@H]2[C@@H]3C[C@@H]4[C@H]2C(=O)O[C@@H]4C3)c(=O)n(-c2ccccc2)n1C. The second-order valence-electron chi connectivity index (χ2n) is 7.85. The molecule has 3 aliphatic rings. The number of nitrogens with zero attached hydrogens (tertiary/aromatic N) is 2. The molecule has 3 fully saturated rings. The number of nitrogens with one attached hydrogen (secondary N) is 1. The second-order valence-corrected chi connectivity index (χ2v) is 7.85. The fraction of sp³-hybridized carbons (Fsp3) is 0.450. The van der Waals surface area contributed by atoms with E-state index >= 15 is 0 Å². The molecule has 1 saturated heterocycles. The monoisotopic (exact) mass is 367 g/mol. The number of ether oxygens (including phenoxy) is 1. The van der Waals surface area contributed by atoms with Crippen molar-refractivity contribution < 1.29 is 14.3 Å². The van der Waals surface area contributed by atoms with Gasteiger partial charge in [0.05, 0.1) is 23.2 Å². The first-order valence-corrected chi connectivity index (χ1v) is 9.32.